The minimum Gasteiger partial charge on any atom is -0.274 e. The van der Waals surface area contributed by atoms with Crippen molar-refractivity contribution in [3.63, 3.8) is 0 Å². The Morgan fingerprint density at radius 2 is 2.12 bits per heavy atom. The number of amides is 1. The van der Waals surface area contributed by atoms with Crippen molar-refractivity contribution in [2.45, 2.75) is 19.4 Å². The lowest BCUT2D eigenvalue weighted by Gasteiger charge is -2.37. The van der Waals surface area contributed by atoms with Gasteiger partial charge in [-0.1, -0.05) is 6.07 Å². The van der Waals surface area contributed by atoms with Gasteiger partial charge in [-0.25, -0.2) is 8.70 Å². The van der Waals surface area contributed by atoms with E-state index in [1.165, 1.54) is 18.2 Å². The molecule has 0 aliphatic carbocycles. The number of nitrogens with zero attached hydrogens (tertiary/aromatic N) is 1. The molecule has 0 spiro atoms. The second kappa shape index (κ2) is 3.96. The molecule has 0 N–H and O–H groups in total. The molecule has 0 aromatic heterocycles. The number of carbonyl (C=O) groups is 1. The monoisotopic (exact) mass is 277 g/mol. The van der Waals surface area contributed by atoms with E-state index < -0.39 is 27.0 Å². The number of rotatable bonds is 2. The summed E-state index contributed by atoms with van der Waals surface area (Å²) in [4.78, 5) is 11.2. The molecule has 1 amide bonds. The van der Waals surface area contributed by atoms with Crippen LogP contribution in [-0.2, 0) is 14.0 Å². The molecule has 1 aromatic rings. The summed E-state index contributed by atoms with van der Waals surface area (Å²) in [5.74, 6) is -1.05. The van der Waals surface area contributed by atoms with Gasteiger partial charge in [-0.15, -0.1) is 0 Å². The SMILES string of the molecule is Cc1ccc(F)cc1C1CC(=O)N1S(=O)(=O)Cl. The average molecular weight is 278 g/mol. The van der Waals surface area contributed by atoms with Crippen molar-refractivity contribution >= 4 is 25.8 Å². The minimum absolute atomic E-state index is 0.0241. The summed E-state index contributed by atoms with van der Waals surface area (Å²) in [6.07, 6.45) is 0.0241. The number of aryl methyl sites for hydroxylation is 1. The van der Waals surface area contributed by atoms with Crippen LogP contribution in [-0.4, -0.2) is 18.6 Å². The second-order valence-corrected chi connectivity index (χ2v) is 6.24. The first-order valence-electron chi connectivity index (χ1n) is 4.83. The van der Waals surface area contributed by atoms with Crippen molar-refractivity contribution in [2.24, 2.45) is 0 Å². The van der Waals surface area contributed by atoms with Gasteiger partial charge in [0, 0.05) is 10.7 Å². The van der Waals surface area contributed by atoms with Crippen molar-refractivity contribution in [3.8, 4) is 0 Å². The van der Waals surface area contributed by atoms with Crippen molar-refractivity contribution in [3.05, 3.63) is 35.1 Å². The summed E-state index contributed by atoms with van der Waals surface area (Å²) in [7, 11) is 1.04. The van der Waals surface area contributed by atoms with Gasteiger partial charge in [0.1, 0.15) is 5.82 Å². The van der Waals surface area contributed by atoms with Crippen LogP contribution in [0.4, 0.5) is 4.39 Å². The highest BCUT2D eigenvalue weighted by Crippen LogP contribution is 2.39. The summed E-state index contributed by atoms with van der Waals surface area (Å²) in [5, 5.41) is 0. The van der Waals surface area contributed by atoms with E-state index in [2.05, 4.69) is 0 Å². The fraction of sp³-hybridized carbons (Fsp3) is 0.300. The van der Waals surface area contributed by atoms with Crippen molar-refractivity contribution in [1.29, 1.82) is 0 Å². The molecule has 0 radical (unpaired) electrons. The van der Waals surface area contributed by atoms with E-state index >= 15 is 0 Å². The second-order valence-electron chi connectivity index (χ2n) is 3.85. The van der Waals surface area contributed by atoms with Gasteiger partial charge in [-0.3, -0.25) is 4.79 Å². The first-order chi connectivity index (χ1) is 7.80. The maximum Gasteiger partial charge on any atom is 0.324 e. The first-order valence-corrected chi connectivity index (χ1v) is 7.10. The number of β-lactam (4-membered cyclic amide) rings is 1. The molecule has 7 heteroatoms. The Kier molecular flexibility index (Phi) is 2.87. The molecular weight excluding hydrogens is 269 g/mol. The van der Waals surface area contributed by atoms with Gasteiger partial charge < -0.3 is 0 Å². The Morgan fingerprint density at radius 1 is 1.47 bits per heavy atom. The van der Waals surface area contributed by atoms with E-state index in [9.17, 15) is 17.6 Å². The van der Waals surface area contributed by atoms with Gasteiger partial charge in [0.05, 0.1) is 12.5 Å². The average Bonchev–Trinajstić information content (AvgIpc) is 2.15. The molecule has 17 heavy (non-hydrogen) atoms. The lowest BCUT2D eigenvalue weighted by Crippen LogP contribution is -2.48. The van der Waals surface area contributed by atoms with Crippen LogP contribution in [0.3, 0.4) is 0 Å². The lowest BCUT2D eigenvalue weighted by molar-refractivity contribution is -0.137. The molecule has 0 bridgehead atoms. The molecule has 1 unspecified atom stereocenters. The lowest BCUT2D eigenvalue weighted by atomic mass is 9.93. The van der Waals surface area contributed by atoms with E-state index in [4.69, 9.17) is 10.7 Å². The number of halogens is 2. The van der Waals surface area contributed by atoms with Crippen LogP contribution in [0.2, 0.25) is 0 Å². The zero-order valence-corrected chi connectivity index (χ0v) is 10.4. The first kappa shape index (κ1) is 12.3. The van der Waals surface area contributed by atoms with Crippen LogP contribution in [0.5, 0.6) is 0 Å². The molecular formula is C10H9ClFNO3S. The standard InChI is InChI=1S/C10H9ClFNO3S/c1-6-2-3-7(12)4-8(6)9-5-10(14)13(9)17(11,15)16/h2-4,9H,5H2,1H3. The minimum atomic E-state index is -4.11. The summed E-state index contributed by atoms with van der Waals surface area (Å²) in [5.41, 5.74) is 1.18. The van der Waals surface area contributed by atoms with Gasteiger partial charge in [0.25, 0.3) is 0 Å². The molecule has 1 atom stereocenters. The van der Waals surface area contributed by atoms with Crippen LogP contribution >= 0.6 is 10.7 Å². The van der Waals surface area contributed by atoms with Crippen molar-refractivity contribution in [1.82, 2.24) is 4.31 Å². The van der Waals surface area contributed by atoms with Crippen LogP contribution in [0.15, 0.2) is 18.2 Å². The Morgan fingerprint density at radius 3 is 2.65 bits per heavy atom. The largest absolute Gasteiger partial charge is 0.324 e. The van der Waals surface area contributed by atoms with Crippen LogP contribution in [0.25, 0.3) is 0 Å². The predicted molar refractivity (Wildman–Crippen MR) is 60.1 cm³/mol. The molecule has 1 heterocycles. The topological polar surface area (TPSA) is 54.5 Å². The van der Waals surface area contributed by atoms with E-state index in [-0.39, 0.29) is 6.42 Å². The van der Waals surface area contributed by atoms with Crippen LogP contribution in [0.1, 0.15) is 23.6 Å². The summed E-state index contributed by atoms with van der Waals surface area (Å²) < 4.78 is 36.0. The fourth-order valence-electron chi connectivity index (χ4n) is 1.88. The van der Waals surface area contributed by atoms with Crippen LogP contribution < -0.4 is 0 Å². The van der Waals surface area contributed by atoms with E-state index in [0.717, 1.165) is 0 Å². The summed E-state index contributed by atoms with van der Waals surface area (Å²) in [6, 6.07) is 3.34. The Balaban J connectivity index is 2.42. The number of benzene rings is 1. The van der Waals surface area contributed by atoms with E-state index in [1.54, 1.807) is 6.92 Å². The number of carbonyl (C=O) groups excluding carboxylic acids is 1. The third-order valence-electron chi connectivity index (χ3n) is 2.73. The zero-order chi connectivity index (χ0) is 12.8. The predicted octanol–water partition coefficient (Wildman–Crippen LogP) is 1.89. The maximum absolute atomic E-state index is 13.1. The molecule has 1 aliphatic rings. The highest BCUT2D eigenvalue weighted by molar-refractivity contribution is 8.12. The van der Waals surface area contributed by atoms with Gasteiger partial charge in [0.2, 0.25) is 5.91 Å². The van der Waals surface area contributed by atoms with Crippen molar-refractivity contribution in [2.75, 3.05) is 0 Å². The maximum atomic E-state index is 13.1. The molecule has 2 rings (SSSR count). The third-order valence-corrected chi connectivity index (χ3v) is 4.11. The normalized spacial score (nSPS) is 20.3. The smallest absolute Gasteiger partial charge is 0.274 e. The molecule has 1 saturated heterocycles. The summed E-state index contributed by atoms with van der Waals surface area (Å²) in [6.45, 7) is 1.72. The van der Waals surface area contributed by atoms with E-state index in [0.29, 0.717) is 15.4 Å². The summed E-state index contributed by atoms with van der Waals surface area (Å²) >= 11 is 0. The molecule has 1 aliphatic heterocycles. The molecule has 92 valence electrons. The van der Waals surface area contributed by atoms with Gasteiger partial charge in [-0.05, 0) is 30.2 Å². The van der Waals surface area contributed by atoms with Gasteiger partial charge in [0.15, 0.2) is 0 Å². The highest BCUT2D eigenvalue weighted by Gasteiger charge is 2.45. The Bertz CT molecular complexity index is 587. The van der Waals surface area contributed by atoms with E-state index in [1.807, 2.05) is 0 Å². The Labute approximate surface area is 103 Å². The number of hydrogen-bond acceptors (Lipinski definition) is 3. The van der Waals surface area contributed by atoms with Crippen LogP contribution in [0, 0.1) is 12.7 Å². The van der Waals surface area contributed by atoms with Crippen molar-refractivity contribution < 1.29 is 17.6 Å². The molecule has 1 fully saturated rings. The highest BCUT2D eigenvalue weighted by atomic mass is 35.7. The quantitative estimate of drug-likeness (QED) is 0.613. The van der Waals surface area contributed by atoms with Gasteiger partial charge in [-0.2, -0.15) is 8.42 Å². The molecule has 4 nitrogen and oxygen atoms in total. The van der Waals surface area contributed by atoms with Gasteiger partial charge >= 0.3 is 9.24 Å². The zero-order valence-electron chi connectivity index (χ0n) is 8.85. The fourth-order valence-corrected chi connectivity index (χ4v) is 3.21. The number of hydrogen-bond donors (Lipinski definition) is 0. The third kappa shape index (κ3) is 2.14. The molecule has 0 saturated carbocycles. The molecule has 1 aromatic carbocycles. The Hall–Kier alpha value is -1.14.